The van der Waals surface area contributed by atoms with Gasteiger partial charge in [0.05, 0.1) is 16.9 Å². The van der Waals surface area contributed by atoms with Gasteiger partial charge in [-0.1, -0.05) is 24.4 Å². The van der Waals surface area contributed by atoms with Gasteiger partial charge < -0.3 is 10.0 Å². The van der Waals surface area contributed by atoms with E-state index in [0.29, 0.717) is 35.8 Å². The Morgan fingerprint density at radius 2 is 2.20 bits per heavy atom. The first-order valence-corrected chi connectivity index (χ1v) is 8.99. The van der Waals surface area contributed by atoms with Crippen LogP contribution in [0.2, 0.25) is 5.02 Å². The van der Waals surface area contributed by atoms with Gasteiger partial charge in [0.2, 0.25) is 0 Å². The first-order chi connectivity index (χ1) is 12.1. The zero-order valence-electron chi connectivity index (χ0n) is 13.8. The minimum Gasteiger partial charge on any atom is -0.389 e. The smallest absolute Gasteiger partial charge is 0.256 e. The van der Waals surface area contributed by atoms with Crippen LogP contribution in [-0.2, 0) is 0 Å². The number of rotatable bonds is 2. The molecule has 1 N–H and O–H groups in total. The first-order valence-electron chi connectivity index (χ1n) is 8.61. The molecule has 4 rings (SSSR count). The standard InChI is InChI=1S/C17H20ClN5O2/c18-13-4-5-14(15(9-13)23-11-19-20-21-23)16(24)22-8-7-17(25)6-2-1-3-12(17)10-22/h4-5,9,11-12,25H,1-3,6-8,10H2/t12-,17+/m0/s1. The molecule has 25 heavy (non-hydrogen) atoms. The topological polar surface area (TPSA) is 84.1 Å². The van der Waals surface area contributed by atoms with Gasteiger partial charge in [-0.15, -0.1) is 5.10 Å². The summed E-state index contributed by atoms with van der Waals surface area (Å²) in [5.41, 5.74) is 0.471. The van der Waals surface area contributed by atoms with E-state index in [1.54, 1.807) is 18.2 Å². The van der Waals surface area contributed by atoms with E-state index in [9.17, 15) is 9.90 Å². The second-order valence-corrected chi connectivity index (χ2v) is 7.40. The van der Waals surface area contributed by atoms with Crippen molar-refractivity contribution in [3.8, 4) is 5.69 Å². The zero-order chi connectivity index (χ0) is 17.4. The summed E-state index contributed by atoms with van der Waals surface area (Å²) < 4.78 is 1.44. The van der Waals surface area contributed by atoms with Gasteiger partial charge in [-0.3, -0.25) is 4.79 Å². The Kier molecular flexibility index (Phi) is 4.21. The molecule has 1 aromatic heterocycles. The van der Waals surface area contributed by atoms with Crippen molar-refractivity contribution in [2.45, 2.75) is 37.7 Å². The molecule has 0 unspecified atom stereocenters. The number of aromatic nitrogens is 4. The van der Waals surface area contributed by atoms with E-state index in [0.717, 1.165) is 25.7 Å². The van der Waals surface area contributed by atoms with Crippen molar-refractivity contribution < 1.29 is 9.90 Å². The molecule has 2 heterocycles. The quantitative estimate of drug-likeness (QED) is 0.885. The van der Waals surface area contributed by atoms with Crippen LogP contribution in [0, 0.1) is 5.92 Å². The van der Waals surface area contributed by atoms with E-state index in [-0.39, 0.29) is 11.8 Å². The number of benzene rings is 1. The van der Waals surface area contributed by atoms with E-state index >= 15 is 0 Å². The molecule has 1 aliphatic heterocycles. The van der Waals surface area contributed by atoms with Crippen LogP contribution in [0.4, 0.5) is 0 Å². The molecule has 1 aromatic carbocycles. The van der Waals surface area contributed by atoms with Crippen molar-refractivity contribution in [3.05, 3.63) is 35.1 Å². The largest absolute Gasteiger partial charge is 0.389 e. The second-order valence-electron chi connectivity index (χ2n) is 6.96. The van der Waals surface area contributed by atoms with Crippen LogP contribution in [0.25, 0.3) is 5.69 Å². The summed E-state index contributed by atoms with van der Waals surface area (Å²) in [7, 11) is 0. The lowest BCUT2D eigenvalue weighted by atomic mass is 9.71. The Morgan fingerprint density at radius 3 is 3.00 bits per heavy atom. The molecule has 1 aliphatic carbocycles. The number of nitrogens with zero attached hydrogens (tertiary/aromatic N) is 5. The minimum absolute atomic E-state index is 0.0743. The summed E-state index contributed by atoms with van der Waals surface area (Å²) in [4.78, 5) is 15.0. The number of halogens is 1. The lowest BCUT2D eigenvalue weighted by Crippen LogP contribution is -2.54. The SMILES string of the molecule is O=C(c1ccc(Cl)cc1-n1cnnn1)N1CC[C@]2(O)CCCC[C@H]2C1. The number of aliphatic hydroxyl groups is 1. The molecule has 8 heteroatoms. The van der Waals surface area contributed by atoms with Crippen LogP contribution in [0.15, 0.2) is 24.5 Å². The third kappa shape index (κ3) is 3.02. The van der Waals surface area contributed by atoms with Gasteiger partial charge in [0.25, 0.3) is 5.91 Å². The number of carbonyl (C=O) groups excluding carboxylic acids is 1. The van der Waals surface area contributed by atoms with Gasteiger partial charge in [0.15, 0.2) is 0 Å². The summed E-state index contributed by atoms with van der Waals surface area (Å²) in [5.74, 6) is 0.0810. The highest BCUT2D eigenvalue weighted by molar-refractivity contribution is 6.31. The van der Waals surface area contributed by atoms with Crippen LogP contribution >= 0.6 is 11.6 Å². The molecule has 0 spiro atoms. The van der Waals surface area contributed by atoms with Gasteiger partial charge in [0.1, 0.15) is 6.33 Å². The van der Waals surface area contributed by atoms with Crippen molar-refractivity contribution >= 4 is 17.5 Å². The number of hydrogen-bond donors (Lipinski definition) is 1. The molecule has 1 saturated heterocycles. The maximum atomic E-state index is 13.1. The fourth-order valence-electron chi connectivity index (χ4n) is 4.07. The average Bonchev–Trinajstić information content (AvgIpc) is 3.15. The van der Waals surface area contributed by atoms with Crippen molar-refractivity contribution in [2.24, 2.45) is 5.92 Å². The highest BCUT2D eigenvalue weighted by Crippen LogP contribution is 2.40. The van der Waals surface area contributed by atoms with Crippen molar-refractivity contribution in [2.75, 3.05) is 13.1 Å². The second kappa shape index (κ2) is 6.38. The number of piperidine rings is 1. The molecular weight excluding hydrogens is 342 g/mol. The Morgan fingerprint density at radius 1 is 1.32 bits per heavy atom. The van der Waals surface area contributed by atoms with E-state index in [2.05, 4.69) is 15.5 Å². The molecule has 1 saturated carbocycles. The summed E-state index contributed by atoms with van der Waals surface area (Å²) in [6.07, 6.45) is 6.08. The third-order valence-electron chi connectivity index (χ3n) is 5.50. The number of fused-ring (bicyclic) bond motifs is 1. The molecule has 2 atom stereocenters. The molecular formula is C17H20ClN5O2. The first kappa shape index (κ1) is 16.5. The predicted molar refractivity (Wildman–Crippen MR) is 91.6 cm³/mol. The third-order valence-corrected chi connectivity index (χ3v) is 5.74. The van der Waals surface area contributed by atoms with Gasteiger partial charge in [0, 0.05) is 24.0 Å². The van der Waals surface area contributed by atoms with E-state index in [1.807, 2.05) is 4.90 Å². The minimum atomic E-state index is -0.603. The number of amides is 1. The Labute approximate surface area is 150 Å². The number of tetrazole rings is 1. The molecule has 1 amide bonds. The van der Waals surface area contributed by atoms with Gasteiger partial charge in [-0.2, -0.15) is 4.68 Å². The van der Waals surface area contributed by atoms with Crippen LogP contribution in [0.3, 0.4) is 0 Å². The predicted octanol–water partition coefficient (Wildman–Crippen LogP) is 2.08. The maximum Gasteiger partial charge on any atom is 0.256 e. The van der Waals surface area contributed by atoms with E-state index < -0.39 is 5.60 Å². The summed E-state index contributed by atoms with van der Waals surface area (Å²) in [6.45, 7) is 1.15. The lowest BCUT2D eigenvalue weighted by Gasteiger charge is -2.47. The molecule has 2 fully saturated rings. The van der Waals surface area contributed by atoms with Gasteiger partial charge in [-0.05, 0) is 47.9 Å². The molecule has 2 aliphatic rings. The van der Waals surface area contributed by atoms with Gasteiger partial charge >= 0.3 is 0 Å². The van der Waals surface area contributed by atoms with Crippen LogP contribution < -0.4 is 0 Å². The van der Waals surface area contributed by atoms with Crippen LogP contribution in [0.1, 0.15) is 42.5 Å². The van der Waals surface area contributed by atoms with Crippen molar-refractivity contribution in [3.63, 3.8) is 0 Å². The summed E-state index contributed by atoms with van der Waals surface area (Å²) in [5, 5.41) is 22.5. The van der Waals surface area contributed by atoms with Gasteiger partial charge in [-0.25, -0.2) is 0 Å². The molecule has 0 radical (unpaired) electrons. The number of likely N-dealkylation sites (tertiary alicyclic amines) is 1. The Balaban J connectivity index is 1.62. The highest BCUT2D eigenvalue weighted by atomic mass is 35.5. The number of hydrogen-bond acceptors (Lipinski definition) is 5. The fraction of sp³-hybridized carbons (Fsp3) is 0.529. The monoisotopic (exact) mass is 361 g/mol. The lowest BCUT2D eigenvalue weighted by molar-refractivity contribution is -0.0886. The van der Waals surface area contributed by atoms with E-state index in [1.165, 1.54) is 11.0 Å². The Hall–Kier alpha value is -1.99. The van der Waals surface area contributed by atoms with Crippen molar-refractivity contribution in [1.82, 2.24) is 25.1 Å². The summed E-state index contributed by atoms with van der Waals surface area (Å²) >= 11 is 6.09. The molecule has 132 valence electrons. The molecule has 2 aromatic rings. The summed E-state index contributed by atoms with van der Waals surface area (Å²) in [6, 6.07) is 5.10. The molecule has 7 nitrogen and oxygen atoms in total. The zero-order valence-corrected chi connectivity index (χ0v) is 14.6. The van der Waals surface area contributed by atoms with Crippen LogP contribution in [-0.4, -0.2) is 54.8 Å². The Bertz CT molecular complexity index is 781. The maximum absolute atomic E-state index is 13.1. The highest BCUT2D eigenvalue weighted by Gasteiger charge is 2.44. The molecule has 0 bridgehead atoms. The average molecular weight is 362 g/mol. The fourth-order valence-corrected chi connectivity index (χ4v) is 4.24. The van der Waals surface area contributed by atoms with Crippen LogP contribution in [0.5, 0.6) is 0 Å². The van der Waals surface area contributed by atoms with E-state index in [4.69, 9.17) is 11.6 Å². The number of carbonyl (C=O) groups is 1. The normalized spacial score (nSPS) is 26.3. The van der Waals surface area contributed by atoms with Crippen molar-refractivity contribution in [1.29, 1.82) is 0 Å².